The van der Waals surface area contributed by atoms with Crippen LogP contribution in [0.5, 0.6) is 0 Å². The highest BCUT2D eigenvalue weighted by molar-refractivity contribution is 14.1. The number of esters is 1. The number of ether oxygens (including phenoxy) is 1. The van der Waals surface area contributed by atoms with E-state index in [4.69, 9.17) is 4.74 Å². The summed E-state index contributed by atoms with van der Waals surface area (Å²) < 4.78 is 6.17. The number of para-hydroxylation sites is 1. The topological polar surface area (TPSA) is 46.6 Å². The van der Waals surface area contributed by atoms with Gasteiger partial charge < -0.3 is 9.64 Å². The highest BCUT2D eigenvalue weighted by Crippen LogP contribution is 2.27. The van der Waals surface area contributed by atoms with Gasteiger partial charge in [-0.15, -0.1) is 0 Å². The average molecular weight is 407 g/mol. The van der Waals surface area contributed by atoms with Crippen LogP contribution in [0.3, 0.4) is 0 Å². The number of carbonyl (C=O) groups is 2. The fraction of sp³-hybridized carbons (Fsp3) is 0.176. The summed E-state index contributed by atoms with van der Waals surface area (Å²) >= 11 is 2.16. The minimum absolute atomic E-state index is 0.191. The molecule has 0 saturated heterocycles. The predicted molar refractivity (Wildman–Crippen MR) is 91.9 cm³/mol. The molecule has 0 atom stereocenters. The molecule has 0 saturated carbocycles. The molecule has 0 aromatic heterocycles. The summed E-state index contributed by atoms with van der Waals surface area (Å²) in [5.41, 5.74) is 2.52. The molecule has 4 nitrogen and oxygen atoms in total. The second kappa shape index (κ2) is 6.48. The Balaban J connectivity index is 1.61. The van der Waals surface area contributed by atoms with Gasteiger partial charge in [0.25, 0.3) is 5.91 Å². The third kappa shape index (κ3) is 3.14. The predicted octanol–water partition coefficient (Wildman–Crippen LogP) is 3.04. The van der Waals surface area contributed by atoms with Crippen molar-refractivity contribution in [2.24, 2.45) is 0 Å². The lowest BCUT2D eigenvalue weighted by Gasteiger charge is -2.17. The fourth-order valence-electron chi connectivity index (χ4n) is 2.47. The van der Waals surface area contributed by atoms with E-state index in [0.29, 0.717) is 12.1 Å². The molecule has 0 fully saturated rings. The maximum atomic E-state index is 12.2. The van der Waals surface area contributed by atoms with E-state index in [1.54, 1.807) is 17.0 Å². The van der Waals surface area contributed by atoms with Gasteiger partial charge >= 0.3 is 5.97 Å². The molecule has 1 aliphatic rings. The van der Waals surface area contributed by atoms with Crippen LogP contribution in [0.4, 0.5) is 5.69 Å². The molecule has 0 aliphatic carbocycles. The van der Waals surface area contributed by atoms with E-state index in [0.717, 1.165) is 21.2 Å². The molecule has 3 rings (SSSR count). The summed E-state index contributed by atoms with van der Waals surface area (Å²) in [5, 5.41) is 0. The number of amides is 1. The van der Waals surface area contributed by atoms with E-state index in [-0.39, 0.29) is 12.5 Å². The van der Waals surface area contributed by atoms with Crippen LogP contribution >= 0.6 is 22.6 Å². The van der Waals surface area contributed by atoms with Gasteiger partial charge in [-0.3, -0.25) is 4.79 Å². The maximum Gasteiger partial charge on any atom is 0.338 e. The highest BCUT2D eigenvalue weighted by atomic mass is 127. The molecule has 2 aromatic rings. The van der Waals surface area contributed by atoms with Gasteiger partial charge in [0.05, 0.1) is 5.56 Å². The molecule has 1 heterocycles. The molecule has 1 amide bonds. The number of nitrogens with zero attached hydrogens (tertiary/aromatic N) is 1. The smallest absolute Gasteiger partial charge is 0.338 e. The van der Waals surface area contributed by atoms with Crippen molar-refractivity contribution in [3.63, 3.8) is 0 Å². The molecule has 2 aromatic carbocycles. The number of carbonyl (C=O) groups excluding carboxylic acids is 2. The summed E-state index contributed by atoms with van der Waals surface area (Å²) in [6.07, 6.45) is 0.840. The van der Waals surface area contributed by atoms with E-state index in [1.807, 2.05) is 36.4 Å². The third-order valence-electron chi connectivity index (χ3n) is 3.59. The first kappa shape index (κ1) is 15.0. The standard InChI is InChI=1S/C17H14INO3/c18-14-7-5-13(6-8-14)17(21)22-11-16(20)19-10-9-12-3-1-2-4-15(12)19/h1-8H,9-11H2. The molecule has 0 spiro atoms. The number of halogens is 1. The minimum atomic E-state index is -0.475. The SMILES string of the molecule is O=C(OCC(=O)N1CCc2ccccc21)c1ccc(I)cc1. The van der Waals surface area contributed by atoms with Crippen molar-refractivity contribution in [1.82, 2.24) is 0 Å². The first-order valence-electron chi connectivity index (χ1n) is 6.96. The Morgan fingerprint density at radius 3 is 2.59 bits per heavy atom. The number of hydrogen-bond acceptors (Lipinski definition) is 3. The van der Waals surface area contributed by atoms with Crippen molar-refractivity contribution in [3.8, 4) is 0 Å². The van der Waals surface area contributed by atoms with Crippen molar-refractivity contribution in [2.45, 2.75) is 6.42 Å². The molecule has 1 aliphatic heterocycles. The van der Waals surface area contributed by atoms with Crippen molar-refractivity contribution < 1.29 is 14.3 Å². The Morgan fingerprint density at radius 1 is 1.09 bits per heavy atom. The van der Waals surface area contributed by atoms with Gasteiger partial charge in [0.1, 0.15) is 0 Å². The Morgan fingerprint density at radius 2 is 1.82 bits per heavy atom. The quantitative estimate of drug-likeness (QED) is 0.581. The molecule has 22 heavy (non-hydrogen) atoms. The Labute approximate surface area is 142 Å². The average Bonchev–Trinajstić information content (AvgIpc) is 2.97. The van der Waals surface area contributed by atoms with Crippen LogP contribution in [-0.4, -0.2) is 25.0 Å². The van der Waals surface area contributed by atoms with Crippen molar-refractivity contribution in [1.29, 1.82) is 0 Å². The van der Waals surface area contributed by atoms with E-state index >= 15 is 0 Å². The summed E-state index contributed by atoms with van der Waals surface area (Å²) in [7, 11) is 0. The largest absolute Gasteiger partial charge is 0.452 e. The Hall–Kier alpha value is -1.89. The Bertz CT molecular complexity index is 712. The van der Waals surface area contributed by atoms with E-state index in [9.17, 15) is 9.59 Å². The molecule has 0 bridgehead atoms. The number of rotatable bonds is 3. The van der Waals surface area contributed by atoms with E-state index in [2.05, 4.69) is 22.6 Å². The summed E-state index contributed by atoms with van der Waals surface area (Å²) in [4.78, 5) is 25.8. The zero-order valence-electron chi connectivity index (χ0n) is 11.8. The highest BCUT2D eigenvalue weighted by Gasteiger charge is 2.24. The van der Waals surface area contributed by atoms with Gasteiger partial charge in [0.2, 0.25) is 0 Å². The van der Waals surface area contributed by atoms with Gasteiger partial charge in [-0.1, -0.05) is 18.2 Å². The first-order chi connectivity index (χ1) is 10.6. The number of anilines is 1. The van der Waals surface area contributed by atoms with Crippen molar-refractivity contribution >= 4 is 40.2 Å². The number of hydrogen-bond donors (Lipinski definition) is 0. The molecule has 0 unspecified atom stereocenters. The summed E-state index contributed by atoms with van der Waals surface area (Å²) in [6.45, 7) is 0.401. The molecule has 5 heteroatoms. The van der Waals surface area contributed by atoms with Gasteiger partial charge in [-0.25, -0.2) is 4.79 Å². The second-order valence-electron chi connectivity index (χ2n) is 5.01. The lowest BCUT2D eigenvalue weighted by Crippen LogP contribution is -2.33. The summed E-state index contributed by atoms with van der Waals surface area (Å²) in [6, 6.07) is 14.8. The third-order valence-corrected chi connectivity index (χ3v) is 4.31. The Kier molecular flexibility index (Phi) is 4.42. The lowest BCUT2D eigenvalue weighted by molar-refractivity contribution is -0.121. The minimum Gasteiger partial charge on any atom is -0.452 e. The van der Waals surface area contributed by atoms with Crippen LogP contribution in [0.15, 0.2) is 48.5 Å². The van der Waals surface area contributed by atoms with Crippen LogP contribution in [0.25, 0.3) is 0 Å². The summed E-state index contributed by atoms with van der Waals surface area (Å²) in [5.74, 6) is -0.666. The second-order valence-corrected chi connectivity index (χ2v) is 6.25. The maximum absolute atomic E-state index is 12.2. The van der Waals surface area contributed by atoms with E-state index in [1.165, 1.54) is 0 Å². The lowest BCUT2D eigenvalue weighted by atomic mass is 10.2. The first-order valence-corrected chi connectivity index (χ1v) is 8.04. The van der Waals surface area contributed by atoms with Crippen molar-refractivity contribution in [2.75, 3.05) is 18.1 Å². The number of benzene rings is 2. The van der Waals surface area contributed by atoms with Gasteiger partial charge in [0.15, 0.2) is 6.61 Å². The van der Waals surface area contributed by atoms with Crippen molar-refractivity contribution in [3.05, 3.63) is 63.2 Å². The monoisotopic (exact) mass is 407 g/mol. The molecular formula is C17H14INO3. The number of fused-ring (bicyclic) bond motifs is 1. The van der Waals surface area contributed by atoms with E-state index < -0.39 is 5.97 Å². The molecule has 0 N–H and O–H groups in total. The van der Waals surface area contributed by atoms with Crippen LogP contribution in [0.1, 0.15) is 15.9 Å². The van der Waals surface area contributed by atoms with Gasteiger partial charge in [0, 0.05) is 15.8 Å². The van der Waals surface area contributed by atoms with Gasteiger partial charge in [-0.05, 0) is 64.9 Å². The molecule has 112 valence electrons. The zero-order valence-corrected chi connectivity index (χ0v) is 13.9. The molecular weight excluding hydrogens is 393 g/mol. The normalized spacial score (nSPS) is 12.9. The van der Waals surface area contributed by atoms with Gasteiger partial charge in [-0.2, -0.15) is 0 Å². The van der Waals surface area contributed by atoms with Crippen LogP contribution < -0.4 is 4.90 Å². The van der Waals surface area contributed by atoms with Crippen LogP contribution in [0.2, 0.25) is 0 Å². The fourth-order valence-corrected chi connectivity index (χ4v) is 2.83. The van der Waals surface area contributed by atoms with Crippen LogP contribution in [-0.2, 0) is 16.0 Å². The van der Waals surface area contributed by atoms with Crippen LogP contribution in [0, 0.1) is 3.57 Å². The zero-order chi connectivity index (χ0) is 15.5. The molecule has 0 radical (unpaired) electrons.